The van der Waals surface area contributed by atoms with Crippen LogP contribution < -0.4 is 9.30 Å². The number of aliphatic hydroxyl groups excluding tert-OH is 1. The molecule has 6 nitrogen and oxygen atoms in total. The van der Waals surface area contributed by atoms with Crippen molar-refractivity contribution < 1.29 is 27.4 Å². The van der Waals surface area contributed by atoms with Crippen LogP contribution in [0.4, 0.5) is 0 Å². The summed E-state index contributed by atoms with van der Waals surface area (Å²) >= 11 is 0. The van der Waals surface area contributed by atoms with Gasteiger partial charge < -0.3 is 14.4 Å². The second kappa shape index (κ2) is 8.05. The van der Waals surface area contributed by atoms with Gasteiger partial charge in [-0.1, -0.05) is 18.2 Å². The summed E-state index contributed by atoms with van der Waals surface area (Å²) in [6.45, 7) is 0.450. The van der Waals surface area contributed by atoms with E-state index in [0.29, 0.717) is 23.4 Å². The Morgan fingerprint density at radius 1 is 1.21 bits per heavy atom. The summed E-state index contributed by atoms with van der Waals surface area (Å²) in [6.07, 6.45) is 5.12. The van der Waals surface area contributed by atoms with Gasteiger partial charge in [0, 0.05) is 12.1 Å². The minimum absolute atomic E-state index is 0.00744. The van der Waals surface area contributed by atoms with Gasteiger partial charge in [-0.2, -0.15) is 0 Å². The van der Waals surface area contributed by atoms with Crippen molar-refractivity contribution in [3.8, 4) is 5.75 Å². The second-order valence-electron chi connectivity index (χ2n) is 5.19. The largest absolute Gasteiger partial charge is 0.748 e. The van der Waals surface area contributed by atoms with Crippen molar-refractivity contribution in [2.75, 3.05) is 19.5 Å². The Hall–Kier alpha value is -2.22. The Balaban J connectivity index is 2.37. The highest BCUT2D eigenvalue weighted by molar-refractivity contribution is 7.86. The van der Waals surface area contributed by atoms with Gasteiger partial charge in [0.1, 0.15) is 12.4 Å². The zero-order valence-corrected chi connectivity index (χ0v) is 14.1. The highest BCUT2D eigenvalue weighted by Crippen LogP contribution is 2.21. The molecule has 1 aromatic carbocycles. The van der Waals surface area contributed by atoms with Crippen LogP contribution in [0.25, 0.3) is 11.6 Å². The molecule has 0 spiro atoms. The van der Waals surface area contributed by atoms with Crippen LogP contribution in [0.1, 0.15) is 11.1 Å². The topological polar surface area (TPSA) is 90.5 Å². The SMILES string of the molecule is COc1ccc(C=C(CS(=O)(=O)[O-])c2cc[n+](CCO)cc2)cc1. The van der Waals surface area contributed by atoms with E-state index in [1.165, 1.54) is 0 Å². The molecular weight excluding hydrogens is 330 g/mol. The first kappa shape index (κ1) is 18.1. The summed E-state index contributed by atoms with van der Waals surface area (Å²) in [7, 11) is -2.85. The first-order valence-electron chi connectivity index (χ1n) is 7.30. The number of hydrogen-bond acceptors (Lipinski definition) is 5. The van der Waals surface area contributed by atoms with E-state index in [1.54, 1.807) is 66.5 Å². The highest BCUT2D eigenvalue weighted by atomic mass is 32.2. The number of aromatic nitrogens is 1. The first-order valence-corrected chi connectivity index (χ1v) is 8.87. The number of pyridine rings is 1. The van der Waals surface area contributed by atoms with Crippen molar-refractivity contribution in [1.82, 2.24) is 0 Å². The number of rotatable bonds is 7. The monoisotopic (exact) mass is 349 g/mol. The van der Waals surface area contributed by atoms with Crippen LogP contribution in [0.3, 0.4) is 0 Å². The molecule has 1 heterocycles. The van der Waals surface area contributed by atoms with Gasteiger partial charge in [-0.3, -0.25) is 0 Å². The maximum atomic E-state index is 11.2. The lowest BCUT2D eigenvalue weighted by atomic mass is 10.1. The van der Waals surface area contributed by atoms with E-state index in [9.17, 15) is 13.0 Å². The molecule has 0 saturated carbocycles. The van der Waals surface area contributed by atoms with Gasteiger partial charge >= 0.3 is 0 Å². The molecule has 7 heteroatoms. The smallest absolute Gasteiger partial charge is 0.171 e. The van der Waals surface area contributed by atoms with E-state index >= 15 is 0 Å². The highest BCUT2D eigenvalue weighted by Gasteiger charge is 2.09. The zero-order chi connectivity index (χ0) is 17.6. The van der Waals surface area contributed by atoms with Gasteiger partial charge in [-0.05, 0) is 28.8 Å². The Morgan fingerprint density at radius 2 is 1.83 bits per heavy atom. The molecule has 0 saturated heterocycles. The molecule has 2 rings (SSSR count). The van der Waals surface area contributed by atoms with Crippen LogP contribution in [0, 0.1) is 0 Å². The Kier molecular flexibility index (Phi) is 6.08. The standard InChI is InChI=1S/C17H19NO5S/c1-23-17-4-2-14(3-5-17)12-16(13-24(20,21)22)15-6-8-18(9-7-15)10-11-19/h2-9,12,19H,10-11,13H2,1H3. The van der Waals surface area contributed by atoms with Crippen LogP contribution in [-0.4, -0.2) is 37.5 Å². The van der Waals surface area contributed by atoms with Crippen LogP contribution in [-0.2, 0) is 16.7 Å². The summed E-state index contributed by atoms with van der Waals surface area (Å²) in [4.78, 5) is 0. The molecule has 0 bridgehead atoms. The zero-order valence-electron chi connectivity index (χ0n) is 13.3. The summed E-state index contributed by atoms with van der Waals surface area (Å²) < 4.78 is 40.5. The lowest BCUT2D eigenvalue weighted by molar-refractivity contribution is -0.698. The number of benzene rings is 1. The lowest BCUT2D eigenvalue weighted by Gasteiger charge is -2.11. The molecule has 128 valence electrons. The molecule has 0 atom stereocenters. The number of aliphatic hydroxyl groups is 1. The average Bonchev–Trinajstić information content (AvgIpc) is 2.55. The number of methoxy groups -OCH3 is 1. The minimum Gasteiger partial charge on any atom is -0.748 e. The van der Waals surface area contributed by atoms with Crippen LogP contribution in [0.2, 0.25) is 0 Å². The van der Waals surface area contributed by atoms with Crippen molar-refractivity contribution in [1.29, 1.82) is 0 Å². The summed E-state index contributed by atoms with van der Waals surface area (Å²) in [5.41, 5.74) is 1.81. The first-order chi connectivity index (χ1) is 11.4. The molecule has 0 aliphatic carbocycles. The fraction of sp³-hybridized carbons (Fsp3) is 0.235. The third-order valence-corrected chi connectivity index (χ3v) is 4.07. The van der Waals surface area contributed by atoms with Crippen LogP contribution >= 0.6 is 0 Å². The van der Waals surface area contributed by atoms with Crippen LogP contribution in [0.15, 0.2) is 48.8 Å². The predicted octanol–water partition coefficient (Wildman–Crippen LogP) is 1.06. The Morgan fingerprint density at radius 3 is 2.33 bits per heavy atom. The van der Waals surface area contributed by atoms with Gasteiger partial charge in [0.25, 0.3) is 0 Å². The molecule has 0 unspecified atom stereocenters. The van der Waals surface area contributed by atoms with E-state index in [4.69, 9.17) is 9.84 Å². The maximum Gasteiger partial charge on any atom is 0.171 e. The van der Waals surface area contributed by atoms with E-state index in [2.05, 4.69) is 0 Å². The molecule has 1 N–H and O–H groups in total. The second-order valence-corrected chi connectivity index (χ2v) is 6.60. The van der Waals surface area contributed by atoms with E-state index in [0.717, 1.165) is 5.56 Å². The number of ether oxygens (including phenoxy) is 1. The van der Waals surface area contributed by atoms with E-state index in [-0.39, 0.29) is 6.61 Å². The van der Waals surface area contributed by atoms with Crippen LogP contribution in [0.5, 0.6) is 5.75 Å². The Bertz CT molecular complexity index is 796. The average molecular weight is 349 g/mol. The van der Waals surface area contributed by atoms with Gasteiger partial charge in [-0.15, -0.1) is 0 Å². The fourth-order valence-corrected chi connectivity index (χ4v) is 2.87. The molecule has 24 heavy (non-hydrogen) atoms. The summed E-state index contributed by atoms with van der Waals surface area (Å²) in [5, 5.41) is 8.93. The normalized spacial score (nSPS) is 12.2. The van der Waals surface area contributed by atoms with Gasteiger partial charge in [0.15, 0.2) is 18.9 Å². The third-order valence-electron chi connectivity index (χ3n) is 3.41. The summed E-state index contributed by atoms with van der Waals surface area (Å²) in [6, 6.07) is 10.5. The van der Waals surface area contributed by atoms with Gasteiger partial charge in [-0.25, -0.2) is 13.0 Å². The summed E-state index contributed by atoms with van der Waals surface area (Å²) in [5.74, 6) is 0.0955. The molecule has 0 radical (unpaired) electrons. The molecule has 0 aliphatic rings. The Labute approximate surface area is 141 Å². The molecule has 0 aliphatic heterocycles. The fourth-order valence-electron chi connectivity index (χ4n) is 2.24. The van der Waals surface area contributed by atoms with E-state index in [1.807, 2.05) is 0 Å². The minimum atomic E-state index is -4.41. The van der Waals surface area contributed by atoms with E-state index < -0.39 is 15.9 Å². The van der Waals surface area contributed by atoms with Crippen molar-refractivity contribution in [3.05, 3.63) is 59.9 Å². The lowest BCUT2D eigenvalue weighted by Crippen LogP contribution is -2.34. The van der Waals surface area contributed by atoms with Crippen molar-refractivity contribution in [2.24, 2.45) is 0 Å². The van der Waals surface area contributed by atoms with Crippen molar-refractivity contribution in [2.45, 2.75) is 6.54 Å². The van der Waals surface area contributed by atoms with Gasteiger partial charge in [0.05, 0.1) is 23.0 Å². The molecule has 2 aromatic rings. The maximum absolute atomic E-state index is 11.2. The molecule has 0 amide bonds. The predicted molar refractivity (Wildman–Crippen MR) is 89.2 cm³/mol. The third kappa shape index (κ3) is 5.45. The quantitative estimate of drug-likeness (QED) is 0.596. The molecule has 1 aromatic heterocycles. The van der Waals surface area contributed by atoms with Crippen molar-refractivity contribution in [3.63, 3.8) is 0 Å². The number of nitrogens with zero attached hydrogens (tertiary/aromatic N) is 1. The number of hydrogen-bond donors (Lipinski definition) is 1. The molecule has 0 fully saturated rings. The molecular formula is C17H19NO5S. The van der Waals surface area contributed by atoms with Gasteiger partial charge in [0.2, 0.25) is 0 Å². The van der Waals surface area contributed by atoms with Crippen molar-refractivity contribution >= 4 is 21.8 Å².